The lowest BCUT2D eigenvalue weighted by molar-refractivity contribution is 0.0996. The fraction of sp³-hybridized carbons (Fsp3) is 0.300. The number of rotatable bonds is 6. The number of fused-ring (bicyclic) bond motifs is 1. The van der Waals surface area contributed by atoms with Gasteiger partial charge in [0, 0.05) is 25.0 Å². The number of aryl methyl sites for hydroxylation is 1. The first-order chi connectivity index (χ1) is 13.3. The van der Waals surface area contributed by atoms with E-state index in [-0.39, 0.29) is 10.8 Å². The molecule has 148 valence electrons. The lowest BCUT2D eigenvalue weighted by Gasteiger charge is -2.06. The molecule has 0 aliphatic heterocycles. The van der Waals surface area contributed by atoms with Crippen molar-refractivity contribution in [3.05, 3.63) is 58.4 Å². The highest BCUT2D eigenvalue weighted by Gasteiger charge is 2.14. The average molecular weight is 419 g/mol. The number of hydrogen-bond acceptors (Lipinski definition) is 5. The summed E-state index contributed by atoms with van der Waals surface area (Å²) in [5, 5.41) is 0. The molecule has 0 N–H and O–H groups in total. The van der Waals surface area contributed by atoms with E-state index in [0.29, 0.717) is 30.1 Å². The van der Waals surface area contributed by atoms with E-state index in [1.165, 1.54) is 17.6 Å². The largest absolute Gasteiger partial charge is 0.380 e. The van der Waals surface area contributed by atoms with Crippen molar-refractivity contribution in [2.45, 2.75) is 25.3 Å². The van der Waals surface area contributed by atoms with Gasteiger partial charge < -0.3 is 9.30 Å². The first-order valence-corrected chi connectivity index (χ1v) is 11.6. The number of aromatic nitrogens is 1. The summed E-state index contributed by atoms with van der Waals surface area (Å²) in [5.74, 6) is -0.321. The SMILES string of the molecule is CCOCCn1c(=NC(=O)c2ccccc2C)sc2cc(S(C)(=O)=O)ccc21. The zero-order chi connectivity index (χ0) is 20.3. The Labute approximate surface area is 168 Å². The lowest BCUT2D eigenvalue weighted by atomic mass is 10.1. The van der Waals surface area contributed by atoms with E-state index in [1.54, 1.807) is 24.3 Å². The molecule has 0 unspecified atom stereocenters. The van der Waals surface area contributed by atoms with Gasteiger partial charge in [-0.25, -0.2) is 8.42 Å². The van der Waals surface area contributed by atoms with Gasteiger partial charge in [-0.1, -0.05) is 29.5 Å². The zero-order valence-electron chi connectivity index (χ0n) is 16.0. The molecule has 1 amide bonds. The Morgan fingerprint density at radius 1 is 1.21 bits per heavy atom. The number of hydrogen-bond donors (Lipinski definition) is 0. The van der Waals surface area contributed by atoms with Gasteiger partial charge in [0.15, 0.2) is 14.6 Å². The van der Waals surface area contributed by atoms with Crippen molar-refractivity contribution in [1.29, 1.82) is 0 Å². The van der Waals surface area contributed by atoms with E-state index in [1.807, 2.05) is 36.6 Å². The molecule has 1 heterocycles. The average Bonchev–Trinajstić information content (AvgIpc) is 2.98. The maximum Gasteiger partial charge on any atom is 0.279 e. The topological polar surface area (TPSA) is 77.7 Å². The van der Waals surface area contributed by atoms with Gasteiger partial charge in [-0.3, -0.25) is 4.79 Å². The van der Waals surface area contributed by atoms with Crippen molar-refractivity contribution < 1.29 is 17.9 Å². The summed E-state index contributed by atoms with van der Waals surface area (Å²) in [4.78, 5) is 17.8. The normalized spacial score (nSPS) is 12.6. The molecule has 0 fully saturated rings. The van der Waals surface area contributed by atoms with Gasteiger partial charge in [-0.15, -0.1) is 0 Å². The third kappa shape index (κ3) is 4.40. The minimum Gasteiger partial charge on any atom is -0.380 e. The predicted octanol–water partition coefficient (Wildman–Crippen LogP) is 3.19. The number of benzene rings is 2. The van der Waals surface area contributed by atoms with Crippen molar-refractivity contribution in [1.82, 2.24) is 4.57 Å². The Morgan fingerprint density at radius 2 is 1.96 bits per heavy atom. The Morgan fingerprint density at radius 3 is 2.64 bits per heavy atom. The van der Waals surface area contributed by atoms with Crippen LogP contribution in [-0.4, -0.2) is 38.4 Å². The second-order valence-electron chi connectivity index (χ2n) is 6.37. The Balaban J connectivity index is 2.14. The second kappa shape index (κ2) is 8.38. The van der Waals surface area contributed by atoms with Crippen molar-refractivity contribution >= 4 is 37.3 Å². The summed E-state index contributed by atoms with van der Waals surface area (Å²) >= 11 is 1.30. The van der Waals surface area contributed by atoms with Gasteiger partial charge in [0.2, 0.25) is 0 Å². The van der Waals surface area contributed by atoms with Gasteiger partial charge in [-0.05, 0) is 43.7 Å². The molecule has 0 atom stereocenters. The molecule has 0 spiro atoms. The van der Waals surface area contributed by atoms with E-state index >= 15 is 0 Å². The minimum atomic E-state index is -3.32. The van der Waals surface area contributed by atoms with Crippen LogP contribution in [0.1, 0.15) is 22.8 Å². The van der Waals surface area contributed by atoms with Crippen LogP contribution in [0, 0.1) is 6.92 Å². The van der Waals surface area contributed by atoms with Crippen molar-refractivity contribution in [2.24, 2.45) is 4.99 Å². The third-order valence-corrected chi connectivity index (χ3v) is 6.47. The number of sulfone groups is 1. The highest BCUT2D eigenvalue weighted by molar-refractivity contribution is 7.90. The van der Waals surface area contributed by atoms with Gasteiger partial charge in [0.05, 0.1) is 21.7 Å². The molecule has 3 aromatic rings. The monoisotopic (exact) mass is 418 g/mol. The van der Waals surface area contributed by atoms with Crippen LogP contribution in [0.4, 0.5) is 0 Å². The van der Waals surface area contributed by atoms with E-state index in [2.05, 4.69) is 4.99 Å². The Hall–Kier alpha value is -2.29. The number of carbonyl (C=O) groups excluding carboxylic acids is 1. The molecule has 0 saturated heterocycles. The fourth-order valence-corrected chi connectivity index (χ4v) is 4.66. The lowest BCUT2D eigenvalue weighted by Crippen LogP contribution is -2.20. The summed E-state index contributed by atoms with van der Waals surface area (Å²) < 4.78 is 31.9. The summed E-state index contributed by atoms with van der Waals surface area (Å²) in [7, 11) is -3.32. The number of thiazole rings is 1. The van der Waals surface area contributed by atoms with Gasteiger partial charge >= 0.3 is 0 Å². The molecule has 0 saturated carbocycles. The van der Waals surface area contributed by atoms with Gasteiger partial charge in [0.25, 0.3) is 5.91 Å². The van der Waals surface area contributed by atoms with E-state index < -0.39 is 9.84 Å². The second-order valence-corrected chi connectivity index (χ2v) is 9.39. The fourth-order valence-electron chi connectivity index (χ4n) is 2.85. The highest BCUT2D eigenvalue weighted by atomic mass is 32.2. The third-order valence-electron chi connectivity index (χ3n) is 4.32. The molecule has 3 rings (SSSR count). The summed E-state index contributed by atoms with van der Waals surface area (Å²) in [6.45, 7) is 5.38. The van der Waals surface area contributed by atoms with Crippen LogP contribution in [0.25, 0.3) is 10.2 Å². The van der Waals surface area contributed by atoms with Gasteiger partial charge in [-0.2, -0.15) is 4.99 Å². The van der Waals surface area contributed by atoms with E-state index in [9.17, 15) is 13.2 Å². The molecule has 6 nitrogen and oxygen atoms in total. The number of amides is 1. The highest BCUT2D eigenvalue weighted by Crippen LogP contribution is 2.22. The van der Waals surface area contributed by atoms with Crippen molar-refractivity contribution in [2.75, 3.05) is 19.5 Å². The van der Waals surface area contributed by atoms with Crippen LogP contribution in [0.2, 0.25) is 0 Å². The van der Waals surface area contributed by atoms with Crippen molar-refractivity contribution in [3.8, 4) is 0 Å². The van der Waals surface area contributed by atoms with Crippen molar-refractivity contribution in [3.63, 3.8) is 0 Å². The number of ether oxygens (including phenoxy) is 1. The first kappa shape index (κ1) is 20.4. The van der Waals surface area contributed by atoms with Crippen LogP contribution in [0.3, 0.4) is 0 Å². The molecular formula is C20H22N2O4S2. The summed E-state index contributed by atoms with van der Waals surface area (Å²) in [6.07, 6.45) is 1.18. The number of carbonyl (C=O) groups is 1. The maximum atomic E-state index is 12.7. The quantitative estimate of drug-likeness (QED) is 0.576. The molecule has 28 heavy (non-hydrogen) atoms. The van der Waals surface area contributed by atoms with Crippen LogP contribution in [-0.2, 0) is 21.1 Å². The Bertz CT molecular complexity index is 1190. The predicted molar refractivity (Wildman–Crippen MR) is 110 cm³/mol. The maximum absolute atomic E-state index is 12.7. The summed E-state index contributed by atoms with van der Waals surface area (Å²) in [5.41, 5.74) is 2.24. The Kier molecular flexibility index (Phi) is 6.12. The number of nitrogens with zero attached hydrogens (tertiary/aromatic N) is 2. The molecule has 0 bridgehead atoms. The van der Waals surface area contributed by atoms with Crippen LogP contribution in [0.5, 0.6) is 0 Å². The smallest absolute Gasteiger partial charge is 0.279 e. The molecule has 0 aliphatic rings. The minimum absolute atomic E-state index is 0.245. The molecule has 2 aromatic carbocycles. The van der Waals surface area contributed by atoms with Crippen LogP contribution < -0.4 is 4.80 Å². The molecule has 8 heteroatoms. The van der Waals surface area contributed by atoms with E-state index in [0.717, 1.165) is 15.8 Å². The first-order valence-electron chi connectivity index (χ1n) is 8.87. The van der Waals surface area contributed by atoms with Crippen LogP contribution >= 0.6 is 11.3 Å². The standard InChI is InChI=1S/C20H22N2O4S2/c1-4-26-12-11-22-17-10-9-15(28(3,24)25)13-18(17)27-20(22)21-19(23)16-8-6-5-7-14(16)2/h5-10,13H,4,11-12H2,1-3H3. The molecule has 0 radical (unpaired) electrons. The van der Waals surface area contributed by atoms with Gasteiger partial charge in [0.1, 0.15) is 0 Å². The zero-order valence-corrected chi connectivity index (χ0v) is 17.6. The van der Waals surface area contributed by atoms with E-state index in [4.69, 9.17) is 4.74 Å². The molecular weight excluding hydrogens is 396 g/mol. The summed E-state index contributed by atoms with van der Waals surface area (Å²) in [6, 6.07) is 12.3. The van der Waals surface area contributed by atoms with Crippen LogP contribution in [0.15, 0.2) is 52.4 Å². The molecule has 1 aromatic heterocycles. The molecule has 0 aliphatic carbocycles.